The molecule has 4 aliphatic rings. The molecule has 2 unspecified atom stereocenters. The molecule has 0 heterocycles. The summed E-state index contributed by atoms with van der Waals surface area (Å²) in [6.07, 6.45) is 25.5. The maximum atomic E-state index is 7.08. The summed E-state index contributed by atoms with van der Waals surface area (Å²) in [5.74, 6) is 5.76. The Bertz CT molecular complexity index is 359. The van der Waals surface area contributed by atoms with E-state index >= 15 is 0 Å². The minimum Gasteiger partial charge on any atom is -0.327 e. The first kappa shape index (κ1) is 18.3. The zero-order valence-electron chi connectivity index (χ0n) is 16.6. The molecule has 2 atom stereocenters. The van der Waals surface area contributed by atoms with Crippen LogP contribution in [0, 0.1) is 35.5 Å². The molecular weight excluding hydrogens is 302 g/mol. The van der Waals surface area contributed by atoms with Gasteiger partial charge in [-0.25, -0.2) is 0 Å². The van der Waals surface area contributed by atoms with Crippen LogP contribution in [0.3, 0.4) is 0 Å². The van der Waals surface area contributed by atoms with E-state index in [0.29, 0.717) is 6.04 Å². The second kappa shape index (κ2) is 8.77. The van der Waals surface area contributed by atoms with Crippen molar-refractivity contribution in [1.29, 1.82) is 0 Å². The lowest BCUT2D eigenvalue weighted by Gasteiger charge is -2.50. The Morgan fingerprint density at radius 2 is 0.760 bits per heavy atom. The molecule has 0 aliphatic heterocycles. The number of hydrogen-bond donors (Lipinski definition) is 1. The topological polar surface area (TPSA) is 26.0 Å². The van der Waals surface area contributed by atoms with Gasteiger partial charge in [-0.1, -0.05) is 96.3 Å². The molecule has 0 bridgehead atoms. The fourth-order valence-electron chi connectivity index (χ4n) is 7.56. The molecule has 25 heavy (non-hydrogen) atoms. The van der Waals surface area contributed by atoms with Crippen molar-refractivity contribution >= 4 is 0 Å². The molecule has 0 spiro atoms. The summed E-state index contributed by atoms with van der Waals surface area (Å²) < 4.78 is 0. The Hall–Kier alpha value is -0.0400. The Kier molecular flexibility index (Phi) is 6.43. The summed E-state index contributed by atoms with van der Waals surface area (Å²) in [6.45, 7) is 0. The van der Waals surface area contributed by atoms with Crippen LogP contribution in [0.4, 0.5) is 0 Å². The molecule has 1 heteroatoms. The molecule has 0 amide bonds. The van der Waals surface area contributed by atoms with E-state index in [-0.39, 0.29) is 0 Å². The predicted octanol–water partition coefficient (Wildman–Crippen LogP) is 6.70. The third-order valence-corrected chi connectivity index (χ3v) is 8.97. The third kappa shape index (κ3) is 4.28. The number of rotatable bonds is 3. The second-order valence-electron chi connectivity index (χ2n) is 10.3. The van der Waals surface area contributed by atoms with E-state index in [2.05, 4.69) is 0 Å². The Morgan fingerprint density at radius 3 is 1.16 bits per heavy atom. The molecule has 2 N–H and O–H groups in total. The van der Waals surface area contributed by atoms with E-state index in [0.717, 1.165) is 35.5 Å². The van der Waals surface area contributed by atoms with Gasteiger partial charge in [-0.15, -0.1) is 0 Å². The average molecular weight is 346 g/mol. The first-order valence-corrected chi connectivity index (χ1v) is 12.1. The van der Waals surface area contributed by atoms with Crippen LogP contribution in [0.5, 0.6) is 0 Å². The van der Waals surface area contributed by atoms with E-state index in [1.807, 2.05) is 0 Å². The lowest BCUT2D eigenvalue weighted by atomic mass is 9.57. The van der Waals surface area contributed by atoms with Crippen LogP contribution >= 0.6 is 0 Å². The van der Waals surface area contributed by atoms with Gasteiger partial charge in [0.25, 0.3) is 0 Å². The zero-order valence-corrected chi connectivity index (χ0v) is 16.6. The number of hydrogen-bond acceptors (Lipinski definition) is 1. The fourth-order valence-corrected chi connectivity index (χ4v) is 7.56. The van der Waals surface area contributed by atoms with Gasteiger partial charge in [0.2, 0.25) is 0 Å². The Balaban J connectivity index is 1.50. The monoisotopic (exact) mass is 345 g/mol. The van der Waals surface area contributed by atoms with Crippen LogP contribution in [-0.2, 0) is 0 Å². The van der Waals surface area contributed by atoms with Crippen molar-refractivity contribution in [1.82, 2.24) is 0 Å². The van der Waals surface area contributed by atoms with Crippen LogP contribution in [-0.4, -0.2) is 6.04 Å². The van der Waals surface area contributed by atoms with Gasteiger partial charge in [-0.05, 0) is 48.3 Å². The molecule has 1 nitrogen and oxygen atoms in total. The van der Waals surface area contributed by atoms with Gasteiger partial charge >= 0.3 is 0 Å². The highest BCUT2D eigenvalue weighted by Gasteiger charge is 2.44. The second-order valence-corrected chi connectivity index (χ2v) is 10.3. The predicted molar refractivity (Wildman–Crippen MR) is 107 cm³/mol. The van der Waals surface area contributed by atoms with E-state index in [9.17, 15) is 0 Å². The molecule has 0 radical (unpaired) electrons. The van der Waals surface area contributed by atoms with E-state index < -0.39 is 0 Å². The first-order valence-electron chi connectivity index (χ1n) is 12.1. The van der Waals surface area contributed by atoms with Gasteiger partial charge < -0.3 is 5.73 Å². The molecule has 4 saturated carbocycles. The molecule has 0 aromatic carbocycles. The third-order valence-electron chi connectivity index (χ3n) is 8.97. The normalized spacial score (nSPS) is 40.2. The summed E-state index contributed by atoms with van der Waals surface area (Å²) in [7, 11) is 0. The standard InChI is InChI=1S/C24H43N/c25-24-22(19-12-6-2-7-13-19)16-21(18-10-4-1-5-11-18)17-23(24)20-14-8-3-9-15-20/h18-24H,1-17,25H2. The minimum absolute atomic E-state index is 0.533. The highest BCUT2D eigenvalue weighted by atomic mass is 14.7. The maximum Gasteiger partial charge on any atom is 0.0101 e. The lowest BCUT2D eigenvalue weighted by Crippen LogP contribution is -2.50. The molecule has 0 aromatic heterocycles. The molecule has 0 saturated heterocycles. The van der Waals surface area contributed by atoms with Gasteiger partial charge in [0.1, 0.15) is 0 Å². The zero-order chi connectivity index (χ0) is 17.1. The van der Waals surface area contributed by atoms with Gasteiger partial charge in [-0.3, -0.25) is 0 Å². The highest BCUT2D eigenvalue weighted by molar-refractivity contribution is 4.97. The summed E-state index contributed by atoms with van der Waals surface area (Å²) in [5, 5.41) is 0. The van der Waals surface area contributed by atoms with Crippen LogP contribution < -0.4 is 5.73 Å². The summed E-state index contributed by atoms with van der Waals surface area (Å²) in [5.41, 5.74) is 7.08. The van der Waals surface area contributed by atoms with Crippen LogP contribution in [0.1, 0.15) is 109 Å². The average Bonchev–Trinajstić information content (AvgIpc) is 2.70. The van der Waals surface area contributed by atoms with Crippen molar-refractivity contribution in [2.24, 2.45) is 41.2 Å². The van der Waals surface area contributed by atoms with Crippen LogP contribution in [0.15, 0.2) is 0 Å². The maximum absolute atomic E-state index is 7.08. The van der Waals surface area contributed by atoms with E-state index in [1.54, 1.807) is 0 Å². The first-order chi connectivity index (χ1) is 12.3. The fraction of sp³-hybridized carbons (Fsp3) is 1.00. The molecule has 4 fully saturated rings. The highest BCUT2D eigenvalue weighted by Crippen LogP contribution is 2.50. The molecule has 144 valence electrons. The van der Waals surface area contributed by atoms with Crippen molar-refractivity contribution in [3.05, 3.63) is 0 Å². The number of nitrogens with two attached hydrogens (primary N) is 1. The summed E-state index contributed by atoms with van der Waals surface area (Å²) >= 11 is 0. The molecule has 4 aliphatic carbocycles. The van der Waals surface area contributed by atoms with Crippen molar-refractivity contribution in [2.75, 3.05) is 0 Å². The van der Waals surface area contributed by atoms with E-state index in [4.69, 9.17) is 5.73 Å². The minimum atomic E-state index is 0.533. The molecule has 0 aromatic rings. The van der Waals surface area contributed by atoms with E-state index in [1.165, 1.54) is 109 Å². The van der Waals surface area contributed by atoms with Gasteiger partial charge in [0, 0.05) is 6.04 Å². The smallest absolute Gasteiger partial charge is 0.0101 e. The van der Waals surface area contributed by atoms with Crippen molar-refractivity contribution in [3.8, 4) is 0 Å². The Labute approximate surface area is 156 Å². The van der Waals surface area contributed by atoms with Crippen LogP contribution in [0.2, 0.25) is 0 Å². The molecule has 4 rings (SSSR count). The van der Waals surface area contributed by atoms with Gasteiger partial charge in [-0.2, -0.15) is 0 Å². The van der Waals surface area contributed by atoms with Crippen molar-refractivity contribution in [2.45, 2.75) is 115 Å². The largest absolute Gasteiger partial charge is 0.327 e. The molecular formula is C24H43N. The van der Waals surface area contributed by atoms with Gasteiger partial charge in [0.05, 0.1) is 0 Å². The van der Waals surface area contributed by atoms with Crippen molar-refractivity contribution < 1.29 is 0 Å². The Morgan fingerprint density at radius 1 is 0.400 bits per heavy atom. The summed E-state index contributed by atoms with van der Waals surface area (Å²) in [4.78, 5) is 0. The lowest BCUT2D eigenvalue weighted by molar-refractivity contribution is 0.0252. The van der Waals surface area contributed by atoms with Crippen molar-refractivity contribution in [3.63, 3.8) is 0 Å². The summed E-state index contributed by atoms with van der Waals surface area (Å²) in [6, 6.07) is 0.533. The quantitative estimate of drug-likeness (QED) is 0.605. The van der Waals surface area contributed by atoms with Gasteiger partial charge in [0.15, 0.2) is 0 Å². The SMILES string of the molecule is NC1C(C2CCCCC2)CC(C2CCCCC2)CC1C1CCCCC1. The van der Waals surface area contributed by atoms with Crippen LogP contribution in [0.25, 0.3) is 0 Å².